The lowest BCUT2D eigenvalue weighted by molar-refractivity contribution is 0.184. The Bertz CT molecular complexity index is 439. The van der Waals surface area contributed by atoms with Crippen LogP contribution in [0.15, 0.2) is 11.4 Å². The molecule has 18 heavy (non-hydrogen) atoms. The third-order valence-electron chi connectivity index (χ3n) is 3.87. The van der Waals surface area contributed by atoms with Crippen molar-refractivity contribution in [2.75, 3.05) is 19.6 Å². The molecular formula is C13H19N3OS. The van der Waals surface area contributed by atoms with Crippen molar-refractivity contribution in [2.45, 2.75) is 31.8 Å². The van der Waals surface area contributed by atoms with Crippen LogP contribution in [0.25, 0.3) is 0 Å². The number of carbonyl (C=O) groups excluding carboxylic acids is 1. The van der Waals surface area contributed by atoms with Gasteiger partial charge in [0, 0.05) is 24.0 Å². The molecule has 0 aliphatic carbocycles. The minimum atomic E-state index is 0.0986. The van der Waals surface area contributed by atoms with Crippen molar-refractivity contribution in [1.82, 2.24) is 15.5 Å². The van der Waals surface area contributed by atoms with Gasteiger partial charge in [-0.25, -0.2) is 4.79 Å². The summed E-state index contributed by atoms with van der Waals surface area (Å²) in [5, 5.41) is 8.59. The number of carbonyl (C=O) groups is 1. The van der Waals surface area contributed by atoms with Gasteiger partial charge in [0.05, 0.1) is 6.04 Å². The highest BCUT2D eigenvalue weighted by Crippen LogP contribution is 2.29. The summed E-state index contributed by atoms with van der Waals surface area (Å²) in [4.78, 5) is 15.4. The van der Waals surface area contributed by atoms with Crippen LogP contribution in [0.3, 0.4) is 0 Å². The molecule has 1 aromatic heterocycles. The number of hydrogen-bond donors (Lipinski definition) is 2. The number of thiophene rings is 1. The number of nitrogens with zero attached hydrogens (tertiary/aromatic N) is 1. The van der Waals surface area contributed by atoms with Crippen LogP contribution in [-0.4, -0.2) is 36.6 Å². The van der Waals surface area contributed by atoms with Crippen molar-refractivity contribution < 1.29 is 4.79 Å². The van der Waals surface area contributed by atoms with Gasteiger partial charge < -0.3 is 15.5 Å². The van der Waals surface area contributed by atoms with Crippen LogP contribution in [0.2, 0.25) is 0 Å². The zero-order valence-electron chi connectivity index (χ0n) is 10.6. The fourth-order valence-electron chi connectivity index (χ4n) is 2.86. The molecule has 98 valence electrons. The Hall–Kier alpha value is -1.07. The first-order valence-electron chi connectivity index (χ1n) is 6.57. The molecule has 2 unspecified atom stereocenters. The normalized spacial score (nSPS) is 28.5. The Balaban J connectivity index is 1.72. The van der Waals surface area contributed by atoms with Crippen molar-refractivity contribution >= 4 is 17.4 Å². The second-order valence-corrected chi connectivity index (χ2v) is 6.07. The van der Waals surface area contributed by atoms with Gasteiger partial charge in [-0.1, -0.05) is 0 Å². The first-order valence-corrected chi connectivity index (χ1v) is 7.45. The molecule has 0 radical (unpaired) electrons. The molecule has 3 heterocycles. The largest absolute Gasteiger partial charge is 0.329 e. The minimum absolute atomic E-state index is 0.0986. The number of hydrogen-bond acceptors (Lipinski definition) is 3. The Morgan fingerprint density at radius 3 is 3.06 bits per heavy atom. The van der Waals surface area contributed by atoms with Crippen LogP contribution in [-0.2, 0) is 0 Å². The molecule has 0 spiro atoms. The van der Waals surface area contributed by atoms with E-state index in [0.29, 0.717) is 6.04 Å². The molecule has 2 aliphatic rings. The summed E-state index contributed by atoms with van der Waals surface area (Å²) >= 11 is 1.74. The van der Waals surface area contributed by atoms with E-state index in [0.717, 1.165) is 32.5 Å². The third kappa shape index (κ3) is 2.12. The Kier molecular flexibility index (Phi) is 3.26. The number of aryl methyl sites for hydroxylation is 1. The van der Waals surface area contributed by atoms with E-state index in [1.54, 1.807) is 11.3 Å². The van der Waals surface area contributed by atoms with Gasteiger partial charge in [-0.05, 0) is 43.3 Å². The molecule has 5 heteroatoms. The van der Waals surface area contributed by atoms with Gasteiger partial charge in [0.1, 0.15) is 0 Å². The highest BCUT2D eigenvalue weighted by Gasteiger charge is 2.35. The number of nitrogens with one attached hydrogen (secondary N) is 2. The number of urea groups is 1. The van der Waals surface area contributed by atoms with Gasteiger partial charge in [0.25, 0.3) is 0 Å². The molecule has 2 fully saturated rings. The van der Waals surface area contributed by atoms with Crippen LogP contribution in [0.1, 0.15) is 29.3 Å². The van der Waals surface area contributed by atoms with Crippen molar-refractivity contribution in [3.05, 3.63) is 21.9 Å². The van der Waals surface area contributed by atoms with E-state index in [1.807, 2.05) is 4.90 Å². The fourth-order valence-corrected chi connectivity index (χ4v) is 3.83. The molecule has 0 aromatic carbocycles. The molecule has 1 aromatic rings. The van der Waals surface area contributed by atoms with Crippen LogP contribution < -0.4 is 10.6 Å². The van der Waals surface area contributed by atoms with Crippen LogP contribution >= 0.6 is 11.3 Å². The van der Waals surface area contributed by atoms with Crippen LogP contribution in [0, 0.1) is 6.92 Å². The van der Waals surface area contributed by atoms with Gasteiger partial charge in [-0.2, -0.15) is 0 Å². The summed E-state index contributed by atoms with van der Waals surface area (Å²) in [6, 6.07) is 2.77. The van der Waals surface area contributed by atoms with Gasteiger partial charge in [0.15, 0.2) is 0 Å². The topological polar surface area (TPSA) is 44.4 Å². The summed E-state index contributed by atoms with van der Waals surface area (Å²) in [5.74, 6) is 0. The van der Waals surface area contributed by atoms with E-state index in [-0.39, 0.29) is 12.1 Å². The lowest BCUT2D eigenvalue weighted by atomic mass is 10.1. The summed E-state index contributed by atoms with van der Waals surface area (Å²) in [5.41, 5.74) is 1.29. The van der Waals surface area contributed by atoms with Crippen LogP contribution in [0.4, 0.5) is 4.79 Å². The first kappa shape index (κ1) is 12.0. The maximum absolute atomic E-state index is 12.1. The molecule has 2 amide bonds. The monoisotopic (exact) mass is 265 g/mol. The first-order chi connectivity index (χ1) is 8.75. The average molecular weight is 265 g/mol. The summed E-state index contributed by atoms with van der Waals surface area (Å²) in [6.45, 7) is 4.94. The maximum atomic E-state index is 12.1. The fraction of sp³-hybridized carbons (Fsp3) is 0.615. The van der Waals surface area contributed by atoms with E-state index in [2.05, 4.69) is 29.0 Å². The summed E-state index contributed by atoms with van der Waals surface area (Å²) in [6.07, 6.45) is 2.29. The minimum Gasteiger partial charge on any atom is -0.329 e. The van der Waals surface area contributed by atoms with E-state index >= 15 is 0 Å². The lowest BCUT2D eigenvalue weighted by Crippen LogP contribution is -2.47. The zero-order valence-corrected chi connectivity index (χ0v) is 11.4. The Labute approximate surface area is 111 Å². The zero-order chi connectivity index (χ0) is 12.5. The third-order valence-corrected chi connectivity index (χ3v) is 5.00. The highest BCUT2D eigenvalue weighted by atomic mass is 32.1. The van der Waals surface area contributed by atoms with E-state index < -0.39 is 0 Å². The molecule has 2 N–H and O–H groups in total. The molecule has 2 atom stereocenters. The second-order valence-electron chi connectivity index (χ2n) is 5.12. The highest BCUT2D eigenvalue weighted by molar-refractivity contribution is 7.10. The maximum Gasteiger partial charge on any atom is 0.318 e. The number of piperidine rings is 1. The molecule has 3 rings (SSSR count). The van der Waals surface area contributed by atoms with Crippen molar-refractivity contribution in [2.24, 2.45) is 0 Å². The summed E-state index contributed by atoms with van der Waals surface area (Å²) in [7, 11) is 0. The standard InChI is InChI=1S/C13H19N3OS/c1-9-4-6-18-12(9)11-8-16(13(17)15-11)10-3-2-5-14-7-10/h4,6,10-11,14H,2-3,5,7-8H2,1H3,(H,15,17). The SMILES string of the molecule is Cc1ccsc1C1CN(C2CCCNC2)C(=O)N1. The van der Waals surface area contributed by atoms with Crippen molar-refractivity contribution in [3.8, 4) is 0 Å². The second kappa shape index (κ2) is 4.90. The number of amides is 2. The van der Waals surface area contributed by atoms with Gasteiger partial charge in [-0.3, -0.25) is 0 Å². The van der Waals surface area contributed by atoms with Gasteiger partial charge >= 0.3 is 6.03 Å². The predicted molar refractivity (Wildman–Crippen MR) is 72.9 cm³/mol. The van der Waals surface area contributed by atoms with E-state index in [4.69, 9.17) is 0 Å². The molecule has 2 saturated heterocycles. The van der Waals surface area contributed by atoms with E-state index in [9.17, 15) is 4.79 Å². The van der Waals surface area contributed by atoms with Gasteiger partial charge in [0.2, 0.25) is 0 Å². The smallest absolute Gasteiger partial charge is 0.318 e. The quantitative estimate of drug-likeness (QED) is 0.857. The molecule has 0 bridgehead atoms. The molecular weight excluding hydrogens is 246 g/mol. The summed E-state index contributed by atoms with van der Waals surface area (Å²) < 4.78 is 0. The molecule has 4 nitrogen and oxygen atoms in total. The average Bonchev–Trinajstić information content (AvgIpc) is 2.96. The lowest BCUT2D eigenvalue weighted by Gasteiger charge is -2.30. The predicted octanol–water partition coefficient (Wildman–Crippen LogP) is 1.87. The number of rotatable bonds is 2. The molecule has 2 aliphatic heterocycles. The Morgan fingerprint density at radius 1 is 1.50 bits per heavy atom. The van der Waals surface area contributed by atoms with Crippen molar-refractivity contribution in [1.29, 1.82) is 0 Å². The Morgan fingerprint density at radius 2 is 2.39 bits per heavy atom. The van der Waals surface area contributed by atoms with Crippen LogP contribution in [0.5, 0.6) is 0 Å². The molecule has 0 saturated carbocycles. The van der Waals surface area contributed by atoms with E-state index in [1.165, 1.54) is 10.4 Å². The van der Waals surface area contributed by atoms with Crippen molar-refractivity contribution in [3.63, 3.8) is 0 Å². The van der Waals surface area contributed by atoms with Gasteiger partial charge in [-0.15, -0.1) is 11.3 Å².